The van der Waals surface area contributed by atoms with Crippen LogP contribution in [0.4, 0.5) is 5.69 Å². The molecular weight excluding hydrogens is 226 g/mol. The lowest BCUT2D eigenvalue weighted by Gasteiger charge is -2.10. The van der Waals surface area contributed by atoms with Crippen molar-refractivity contribution in [3.8, 4) is 5.75 Å². The standard InChI is InChI=1S/C11H15NO3S/c1-8(7-16)6-15-10-3-4-11(12(13)14)9(2)5-10/h3-5,8,16H,6-7H2,1-2H3. The molecule has 0 radical (unpaired) electrons. The number of benzene rings is 1. The number of ether oxygens (including phenoxy) is 1. The highest BCUT2D eigenvalue weighted by molar-refractivity contribution is 7.80. The Morgan fingerprint density at radius 1 is 1.56 bits per heavy atom. The molecule has 0 fully saturated rings. The van der Waals surface area contributed by atoms with Crippen molar-refractivity contribution in [2.24, 2.45) is 5.92 Å². The Labute approximate surface area is 100 Å². The zero-order valence-electron chi connectivity index (χ0n) is 9.34. The predicted molar refractivity (Wildman–Crippen MR) is 66.3 cm³/mol. The Kier molecular flexibility index (Phi) is 4.61. The first-order valence-corrected chi connectivity index (χ1v) is 5.66. The van der Waals surface area contributed by atoms with Gasteiger partial charge in [0.25, 0.3) is 5.69 Å². The van der Waals surface area contributed by atoms with E-state index in [4.69, 9.17) is 4.74 Å². The van der Waals surface area contributed by atoms with E-state index in [-0.39, 0.29) is 5.69 Å². The summed E-state index contributed by atoms with van der Waals surface area (Å²) in [4.78, 5) is 10.2. The van der Waals surface area contributed by atoms with Crippen molar-refractivity contribution in [2.45, 2.75) is 13.8 Å². The Morgan fingerprint density at radius 2 is 2.25 bits per heavy atom. The van der Waals surface area contributed by atoms with Gasteiger partial charge in [-0.3, -0.25) is 10.1 Å². The third kappa shape index (κ3) is 3.41. The van der Waals surface area contributed by atoms with Crippen molar-refractivity contribution in [3.05, 3.63) is 33.9 Å². The minimum absolute atomic E-state index is 0.120. The molecule has 0 aromatic heterocycles. The molecule has 88 valence electrons. The van der Waals surface area contributed by atoms with Gasteiger partial charge in [0.1, 0.15) is 5.75 Å². The highest BCUT2D eigenvalue weighted by Crippen LogP contribution is 2.23. The van der Waals surface area contributed by atoms with Crippen LogP contribution in [0.25, 0.3) is 0 Å². The maximum Gasteiger partial charge on any atom is 0.272 e. The average molecular weight is 241 g/mol. The van der Waals surface area contributed by atoms with E-state index in [1.54, 1.807) is 19.1 Å². The van der Waals surface area contributed by atoms with E-state index >= 15 is 0 Å². The van der Waals surface area contributed by atoms with E-state index in [9.17, 15) is 10.1 Å². The molecule has 4 nitrogen and oxygen atoms in total. The number of thiol groups is 1. The number of rotatable bonds is 5. The van der Waals surface area contributed by atoms with Crippen LogP contribution in [0.15, 0.2) is 18.2 Å². The van der Waals surface area contributed by atoms with Crippen molar-refractivity contribution < 1.29 is 9.66 Å². The molecule has 0 amide bonds. The summed E-state index contributed by atoms with van der Waals surface area (Å²) in [5, 5.41) is 10.6. The fraction of sp³-hybridized carbons (Fsp3) is 0.455. The van der Waals surface area contributed by atoms with E-state index in [0.717, 1.165) is 5.75 Å². The minimum Gasteiger partial charge on any atom is -0.493 e. The molecule has 1 unspecified atom stereocenters. The lowest BCUT2D eigenvalue weighted by Crippen LogP contribution is -2.09. The first-order chi connectivity index (χ1) is 7.54. The Hall–Kier alpha value is -1.23. The van der Waals surface area contributed by atoms with Crippen LogP contribution in [0, 0.1) is 23.0 Å². The first kappa shape index (κ1) is 12.8. The second kappa shape index (κ2) is 5.75. The van der Waals surface area contributed by atoms with E-state index in [1.165, 1.54) is 6.07 Å². The van der Waals surface area contributed by atoms with Crippen molar-refractivity contribution in [3.63, 3.8) is 0 Å². The van der Waals surface area contributed by atoms with Gasteiger partial charge in [0.15, 0.2) is 0 Å². The number of nitro groups is 1. The van der Waals surface area contributed by atoms with E-state index in [2.05, 4.69) is 12.6 Å². The second-order valence-corrected chi connectivity index (χ2v) is 4.17. The molecule has 16 heavy (non-hydrogen) atoms. The zero-order valence-corrected chi connectivity index (χ0v) is 10.2. The van der Waals surface area contributed by atoms with Gasteiger partial charge in [-0.05, 0) is 30.7 Å². The molecule has 0 aliphatic rings. The van der Waals surface area contributed by atoms with E-state index < -0.39 is 4.92 Å². The molecule has 0 aliphatic heterocycles. The topological polar surface area (TPSA) is 52.4 Å². The minimum atomic E-state index is -0.393. The van der Waals surface area contributed by atoms with Crippen LogP contribution in [0.5, 0.6) is 5.75 Å². The summed E-state index contributed by atoms with van der Waals surface area (Å²) in [6, 6.07) is 4.77. The quantitative estimate of drug-likeness (QED) is 0.490. The van der Waals surface area contributed by atoms with Gasteiger partial charge < -0.3 is 4.74 Å². The second-order valence-electron chi connectivity index (χ2n) is 3.80. The lowest BCUT2D eigenvalue weighted by atomic mass is 10.2. The van der Waals surface area contributed by atoms with Gasteiger partial charge in [-0.2, -0.15) is 12.6 Å². The summed E-state index contributed by atoms with van der Waals surface area (Å²) < 4.78 is 5.50. The first-order valence-electron chi connectivity index (χ1n) is 5.03. The lowest BCUT2D eigenvalue weighted by molar-refractivity contribution is -0.385. The molecule has 5 heteroatoms. The molecule has 0 saturated carbocycles. The number of aryl methyl sites for hydroxylation is 1. The van der Waals surface area contributed by atoms with Gasteiger partial charge >= 0.3 is 0 Å². The van der Waals surface area contributed by atoms with E-state index in [0.29, 0.717) is 23.8 Å². The third-order valence-electron chi connectivity index (χ3n) is 2.21. The highest BCUT2D eigenvalue weighted by Gasteiger charge is 2.10. The summed E-state index contributed by atoms with van der Waals surface area (Å²) in [7, 11) is 0. The monoisotopic (exact) mass is 241 g/mol. The predicted octanol–water partition coefficient (Wildman–Crippen LogP) is 2.85. The largest absolute Gasteiger partial charge is 0.493 e. The van der Waals surface area contributed by atoms with Gasteiger partial charge in [-0.25, -0.2) is 0 Å². The molecule has 0 saturated heterocycles. The number of hydrogen-bond donors (Lipinski definition) is 1. The fourth-order valence-electron chi connectivity index (χ4n) is 1.21. The van der Waals surface area contributed by atoms with Crippen molar-refractivity contribution in [2.75, 3.05) is 12.4 Å². The van der Waals surface area contributed by atoms with Gasteiger partial charge in [0.05, 0.1) is 11.5 Å². The smallest absolute Gasteiger partial charge is 0.272 e. The van der Waals surface area contributed by atoms with Gasteiger partial charge in [0.2, 0.25) is 0 Å². The summed E-state index contributed by atoms with van der Waals surface area (Å²) in [5.41, 5.74) is 0.732. The van der Waals surface area contributed by atoms with Crippen LogP contribution in [0.3, 0.4) is 0 Å². The zero-order chi connectivity index (χ0) is 12.1. The van der Waals surface area contributed by atoms with Crippen LogP contribution in [0.1, 0.15) is 12.5 Å². The molecule has 0 heterocycles. The van der Waals surface area contributed by atoms with Gasteiger partial charge in [0, 0.05) is 11.6 Å². The normalized spacial score (nSPS) is 12.2. The average Bonchev–Trinajstić information content (AvgIpc) is 2.25. The number of nitrogens with zero attached hydrogens (tertiary/aromatic N) is 1. The van der Waals surface area contributed by atoms with Crippen LogP contribution in [-0.4, -0.2) is 17.3 Å². The van der Waals surface area contributed by atoms with E-state index in [1.807, 2.05) is 6.92 Å². The van der Waals surface area contributed by atoms with Crippen LogP contribution in [0.2, 0.25) is 0 Å². The maximum absolute atomic E-state index is 10.6. The molecular formula is C11H15NO3S. The molecule has 0 N–H and O–H groups in total. The van der Waals surface area contributed by atoms with Gasteiger partial charge in [-0.15, -0.1) is 0 Å². The van der Waals surface area contributed by atoms with Crippen LogP contribution >= 0.6 is 12.6 Å². The summed E-state index contributed by atoms with van der Waals surface area (Å²) in [6.45, 7) is 4.30. The Bertz CT molecular complexity index is 381. The van der Waals surface area contributed by atoms with Crippen molar-refractivity contribution in [1.29, 1.82) is 0 Å². The molecule has 0 spiro atoms. The van der Waals surface area contributed by atoms with Crippen LogP contribution in [-0.2, 0) is 0 Å². The number of hydrogen-bond acceptors (Lipinski definition) is 4. The Morgan fingerprint density at radius 3 is 2.75 bits per heavy atom. The Balaban J connectivity index is 2.70. The molecule has 0 aliphatic carbocycles. The highest BCUT2D eigenvalue weighted by atomic mass is 32.1. The fourth-order valence-corrected chi connectivity index (χ4v) is 1.32. The molecule has 1 rings (SSSR count). The summed E-state index contributed by atoms with van der Waals surface area (Å²) >= 11 is 4.16. The van der Waals surface area contributed by atoms with Crippen LogP contribution < -0.4 is 4.74 Å². The molecule has 0 bridgehead atoms. The van der Waals surface area contributed by atoms with Gasteiger partial charge in [-0.1, -0.05) is 6.92 Å². The molecule has 1 aromatic carbocycles. The summed E-state index contributed by atoms with van der Waals surface area (Å²) in [6.07, 6.45) is 0. The molecule has 1 aromatic rings. The maximum atomic E-state index is 10.6. The third-order valence-corrected chi connectivity index (χ3v) is 2.83. The summed E-state index contributed by atoms with van der Waals surface area (Å²) in [5.74, 6) is 1.78. The molecule has 1 atom stereocenters. The van der Waals surface area contributed by atoms with Crippen molar-refractivity contribution >= 4 is 18.3 Å². The number of nitro benzene ring substituents is 1. The van der Waals surface area contributed by atoms with Crippen molar-refractivity contribution in [1.82, 2.24) is 0 Å². The SMILES string of the molecule is Cc1cc(OCC(C)CS)ccc1[N+](=O)[O-].